The Morgan fingerprint density at radius 1 is 1.62 bits per heavy atom. The normalized spacial score (nSPS) is 10.2. The number of rotatable bonds is 2. The molecule has 0 aromatic carbocycles. The van der Waals surface area contributed by atoms with Crippen LogP contribution in [0.4, 0.5) is 10.6 Å². The lowest BCUT2D eigenvalue weighted by Crippen LogP contribution is -2.24. The topological polar surface area (TPSA) is 67.2 Å². The highest BCUT2D eigenvalue weighted by atomic mass is 16.5. The van der Waals surface area contributed by atoms with Gasteiger partial charge in [0.25, 0.3) is 0 Å². The van der Waals surface area contributed by atoms with E-state index in [1.54, 1.807) is 13.1 Å². The average Bonchev–Trinajstić information content (AvgIpc) is 2.52. The van der Waals surface area contributed by atoms with Crippen LogP contribution in [0.1, 0.15) is 25.5 Å². The molecule has 1 heterocycles. The Kier molecular flexibility index (Phi) is 2.89. The van der Waals surface area contributed by atoms with E-state index in [-0.39, 0.29) is 11.9 Å². The van der Waals surface area contributed by atoms with Crippen molar-refractivity contribution in [2.75, 3.05) is 12.4 Å². The molecule has 0 aliphatic rings. The Hall–Kier alpha value is -1.52. The number of urea groups is 1. The van der Waals surface area contributed by atoms with Gasteiger partial charge >= 0.3 is 6.03 Å². The van der Waals surface area contributed by atoms with E-state index in [0.717, 1.165) is 5.76 Å². The van der Waals surface area contributed by atoms with E-state index in [1.807, 2.05) is 13.8 Å². The van der Waals surface area contributed by atoms with Crippen molar-refractivity contribution >= 4 is 11.8 Å². The van der Waals surface area contributed by atoms with E-state index in [0.29, 0.717) is 5.82 Å². The molecule has 2 amide bonds. The first-order chi connectivity index (χ1) is 6.13. The van der Waals surface area contributed by atoms with E-state index < -0.39 is 0 Å². The second kappa shape index (κ2) is 3.93. The number of nitrogens with one attached hydrogen (secondary N) is 2. The lowest BCUT2D eigenvalue weighted by Gasteiger charge is -1.97. The molecule has 1 aromatic rings. The summed E-state index contributed by atoms with van der Waals surface area (Å²) in [4.78, 5) is 10.9. The molecule has 0 atom stereocenters. The van der Waals surface area contributed by atoms with Crippen molar-refractivity contribution in [1.82, 2.24) is 10.5 Å². The molecular formula is C8H13N3O2. The summed E-state index contributed by atoms with van der Waals surface area (Å²) in [6.07, 6.45) is 0. The third-order valence-corrected chi connectivity index (χ3v) is 1.57. The molecule has 5 nitrogen and oxygen atoms in total. The van der Waals surface area contributed by atoms with Gasteiger partial charge in [-0.3, -0.25) is 5.32 Å². The molecule has 0 aliphatic heterocycles. The maximum absolute atomic E-state index is 10.9. The molecule has 0 saturated carbocycles. The summed E-state index contributed by atoms with van der Waals surface area (Å²) >= 11 is 0. The van der Waals surface area contributed by atoms with Gasteiger partial charge in [0.1, 0.15) is 5.76 Å². The van der Waals surface area contributed by atoms with Gasteiger partial charge in [0.2, 0.25) is 0 Å². The predicted octanol–water partition coefficient (Wildman–Crippen LogP) is 1.55. The Morgan fingerprint density at radius 2 is 2.31 bits per heavy atom. The number of carbonyl (C=O) groups excluding carboxylic acids is 1. The lowest BCUT2D eigenvalue weighted by atomic mass is 10.2. The zero-order valence-corrected chi connectivity index (χ0v) is 7.92. The summed E-state index contributed by atoms with van der Waals surface area (Å²) < 4.78 is 4.98. The molecule has 0 unspecified atom stereocenters. The number of nitrogens with zero attached hydrogens (tertiary/aromatic N) is 1. The van der Waals surface area contributed by atoms with E-state index >= 15 is 0 Å². The maximum atomic E-state index is 10.9. The number of aromatic nitrogens is 1. The molecule has 0 radical (unpaired) electrons. The number of amides is 2. The Balaban J connectivity index is 2.64. The van der Waals surface area contributed by atoms with E-state index in [4.69, 9.17) is 4.52 Å². The van der Waals surface area contributed by atoms with Crippen LogP contribution in [0.3, 0.4) is 0 Å². The molecule has 1 aromatic heterocycles. The summed E-state index contributed by atoms with van der Waals surface area (Å²) in [5.41, 5.74) is 0. The molecule has 0 spiro atoms. The van der Waals surface area contributed by atoms with Crippen LogP contribution in [0, 0.1) is 0 Å². The van der Waals surface area contributed by atoms with Gasteiger partial charge in [-0.1, -0.05) is 19.0 Å². The van der Waals surface area contributed by atoms with Gasteiger partial charge < -0.3 is 9.84 Å². The smallest absolute Gasteiger partial charge is 0.320 e. The monoisotopic (exact) mass is 183 g/mol. The largest absolute Gasteiger partial charge is 0.359 e. The van der Waals surface area contributed by atoms with Crippen LogP contribution in [0.5, 0.6) is 0 Å². The summed E-state index contributed by atoms with van der Waals surface area (Å²) in [6.45, 7) is 3.98. The first-order valence-corrected chi connectivity index (χ1v) is 4.09. The van der Waals surface area contributed by atoms with Crippen molar-refractivity contribution in [1.29, 1.82) is 0 Å². The molecule has 0 fully saturated rings. The van der Waals surface area contributed by atoms with Crippen LogP contribution in [0.25, 0.3) is 0 Å². The molecule has 0 aliphatic carbocycles. The van der Waals surface area contributed by atoms with Crippen LogP contribution >= 0.6 is 0 Å². The second-order valence-electron chi connectivity index (χ2n) is 2.97. The van der Waals surface area contributed by atoms with Gasteiger partial charge in [-0.05, 0) is 0 Å². The minimum absolute atomic E-state index is 0.271. The Morgan fingerprint density at radius 3 is 2.77 bits per heavy atom. The summed E-state index contributed by atoms with van der Waals surface area (Å²) in [5, 5.41) is 8.61. The Bertz CT molecular complexity index is 293. The van der Waals surface area contributed by atoms with Gasteiger partial charge in [-0.2, -0.15) is 0 Å². The maximum Gasteiger partial charge on any atom is 0.320 e. The summed E-state index contributed by atoms with van der Waals surface area (Å²) in [6, 6.07) is 1.41. The number of hydrogen-bond acceptors (Lipinski definition) is 3. The highest BCUT2D eigenvalue weighted by Gasteiger charge is 2.08. The van der Waals surface area contributed by atoms with Crippen LogP contribution in [0.15, 0.2) is 10.6 Å². The summed E-state index contributed by atoms with van der Waals surface area (Å²) in [7, 11) is 1.54. The molecule has 13 heavy (non-hydrogen) atoms. The van der Waals surface area contributed by atoms with Crippen molar-refractivity contribution in [2.45, 2.75) is 19.8 Å². The van der Waals surface area contributed by atoms with E-state index in [9.17, 15) is 4.79 Å². The molecule has 1 rings (SSSR count). The van der Waals surface area contributed by atoms with E-state index in [1.165, 1.54) is 0 Å². The van der Waals surface area contributed by atoms with Crippen molar-refractivity contribution in [3.63, 3.8) is 0 Å². The SMILES string of the molecule is CNC(=O)Nc1cc(C(C)C)on1. The molecule has 72 valence electrons. The minimum Gasteiger partial charge on any atom is -0.359 e. The molecule has 0 saturated heterocycles. The second-order valence-corrected chi connectivity index (χ2v) is 2.97. The zero-order valence-electron chi connectivity index (χ0n) is 7.92. The zero-order chi connectivity index (χ0) is 9.84. The quantitative estimate of drug-likeness (QED) is 0.731. The number of anilines is 1. The van der Waals surface area contributed by atoms with Crippen LogP contribution in [0.2, 0.25) is 0 Å². The molecule has 0 bridgehead atoms. The van der Waals surface area contributed by atoms with Crippen LogP contribution in [-0.4, -0.2) is 18.2 Å². The highest BCUT2D eigenvalue weighted by molar-refractivity contribution is 5.87. The highest BCUT2D eigenvalue weighted by Crippen LogP contribution is 2.17. The minimum atomic E-state index is -0.302. The Labute approximate surface area is 76.5 Å². The van der Waals surface area contributed by atoms with Gasteiger partial charge in [-0.25, -0.2) is 4.79 Å². The lowest BCUT2D eigenvalue weighted by molar-refractivity contribution is 0.253. The van der Waals surface area contributed by atoms with E-state index in [2.05, 4.69) is 15.8 Å². The van der Waals surface area contributed by atoms with Crippen LogP contribution in [-0.2, 0) is 0 Å². The number of hydrogen-bond donors (Lipinski definition) is 2. The van der Waals surface area contributed by atoms with Gasteiger partial charge in [0.15, 0.2) is 5.82 Å². The first kappa shape index (κ1) is 9.57. The van der Waals surface area contributed by atoms with Crippen molar-refractivity contribution in [3.8, 4) is 0 Å². The molecule has 2 N–H and O–H groups in total. The van der Waals surface area contributed by atoms with Gasteiger partial charge in [0, 0.05) is 19.0 Å². The third-order valence-electron chi connectivity index (χ3n) is 1.57. The fourth-order valence-corrected chi connectivity index (χ4v) is 0.799. The fourth-order valence-electron chi connectivity index (χ4n) is 0.799. The molecule has 5 heteroatoms. The fraction of sp³-hybridized carbons (Fsp3) is 0.500. The number of carbonyl (C=O) groups is 1. The predicted molar refractivity (Wildman–Crippen MR) is 48.7 cm³/mol. The van der Waals surface area contributed by atoms with Crippen LogP contribution < -0.4 is 10.6 Å². The van der Waals surface area contributed by atoms with Crippen molar-refractivity contribution in [3.05, 3.63) is 11.8 Å². The van der Waals surface area contributed by atoms with Crippen molar-refractivity contribution < 1.29 is 9.32 Å². The standard InChI is InChI=1S/C8H13N3O2/c1-5(2)6-4-7(11-13-6)10-8(12)9-3/h4-5H,1-3H3,(H2,9,10,11,12). The van der Waals surface area contributed by atoms with Gasteiger partial charge in [-0.15, -0.1) is 0 Å². The van der Waals surface area contributed by atoms with Crippen molar-refractivity contribution in [2.24, 2.45) is 0 Å². The molecular weight excluding hydrogens is 170 g/mol. The summed E-state index contributed by atoms with van der Waals surface area (Å²) in [5.74, 6) is 1.46. The average molecular weight is 183 g/mol. The van der Waals surface area contributed by atoms with Gasteiger partial charge in [0.05, 0.1) is 0 Å². The first-order valence-electron chi connectivity index (χ1n) is 4.09. The third kappa shape index (κ3) is 2.47.